The number of rotatable bonds is 3. The number of nitrogens with zero attached hydrogens (tertiary/aromatic N) is 3. The average Bonchev–Trinajstić information content (AvgIpc) is 3.35. The molecule has 1 atom stereocenters. The molecule has 196 valence electrons. The summed E-state index contributed by atoms with van der Waals surface area (Å²) in [6.07, 6.45) is 1.55. The number of pyridine rings is 1. The summed E-state index contributed by atoms with van der Waals surface area (Å²) in [6.45, 7) is 4.04. The van der Waals surface area contributed by atoms with Crippen molar-refractivity contribution in [2.75, 3.05) is 9.80 Å². The summed E-state index contributed by atoms with van der Waals surface area (Å²) in [7, 11) is 0. The Morgan fingerprint density at radius 1 is 0.900 bits per heavy atom. The lowest BCUT2D eigenvalue weighted by atomic mass is 9.84. The molecule has 0 bridgehead atoms. The Bertz CT molecular complexity index is 1950. The minimum absolute atomic E-state index is 0.0488. The van der Waals surface area contributed by atoms with Crippen LogP contribution in [0.15, 0.2) is 94.3 Å². The largest absolute Gasteiger partial charge is 0.450 e. The first kappa shape index (κ1) is 24.0. The van der Waals surface area contributed by atoms with Crippen LogP contribution in [0.4, 0.5) is 15.9 Å². The number of benzene rings is 3. The van der Waals surface area contributed by atoms with Crippen LogP contribution in [0.25, 0.3) is 11.0 Å². The second kappa shape index (κ2) is 8.44. The average molecular weight is 532 g/mol. The van der Waals surface area contributed by atoms with Gasteiger partial charge in [0.2, 0.25) is 5.76 Å². The number of carbonyl (C=O) groups excluding carboxylic acids is 2. The fraction of sp³-hybridized carbons (Fsp3) is 0.125. The van der Waals surface area contributed by atoms with Gasteiger partial charge in [-0.25, -0.2) is 9.37 Å². The number of amides is 2. The summed E-state index contributed by atoms with van der Waals surface area (Å²) < 4.78 is 20.3. The van der Waals surface area contributed by atoms with Crippen molar-refractivity contribution in [3.05, 3.63) is 135 Å². The molecule has 0 saturated carbocycles. The monoisotopic (exact) mass is 531 g/mol. The van der Waals surface area contributed by atoms with Gasteiger partial charge in [-0.05, 0) is 61.4 Å². The number of anilines is 2. The molecule has 0 saturated heterocycles. The molecule has 3 aromatic carbocycles. The van der Waals surface area contributed by atoms with Gasteiger partial charge in [0.25, 0.3) is 11.8 Å². The molecule has 0 aliphatic carbocycles. The number of carbonyl (C=O) groups is 2. The van der Waals surface area contributed by atoms with Crippen LogP contribution in [0, 0.1) is 19.7 Å². The van der Waals surface area contributed by atoms with Crippen molar-refractivity contribution in [3.8, 4) is 0 Å². The molecule has 0 radical (unpaired) electrons. The summed E-state index contributed by atoms with van der Waals surface area (Å²) >= 11 is 0. The van der Waals surface area contributed by atoms with Crippen LogP contribution < -0.4 is 15.2 Å². The Balaban J connectivity index is 1.56. The zero-order valence-corrected chi connectivity index (χ0v) is 21.6. The van der Waals surface area contributed by atoms with Gasteiger partial charge in [0, 0.05) is 11.8 Å². The molecule has 2 aromatic heterocycles. The van der Waals surface area contributed by atoms with Crippen molar-refractivity contribution in [3.63, 3.8) is 0 Å². The fourth-order valence-corrected chi connectivity index (χ4v) is 5.86. The minimum Gasteiger partial charge on any atom is -0.450 e. The summed E-state index contributed by atoms with van der Waals surface area (Å²) in [4.78, 5) is 50.5. The van der Waals surface area contributed by atoms with Gasteiger partial charge < -0.3 is 9.32 Å². The van der Waals surface area contributed by atoms with Gasteiger partial charge in [0.05, 0.1) is 23.2 Å². The zero-order chi connectivity index (χ0) is 27.8. The van der Waals surface area contributed by atoms with E-state index in [1.54, 1.807) is 47.5 Å². The Morgan fingerprint density at radius 2 is 1.68 bits per heavy atom. The molecule has 1 spiro atoms. The second-order valence-corrected chi connectivity index (χ2v) is 10.2. The van der Waals surface area contributed by atoms with Crippen molar-refractivity contribution >= 4 is 34.3 Å². The lowest BCUT2D eigenvalue weighted by Crippen LogP contribution is -2.54. The highest BCUT2D eigenvalue weighted by Gasteiger charge is 2.66. The van der Waals surface area contributed by atoms with E-state index in [0.29, 0.717) is 11.3 Å². The van der Waals surface area contributed by atoms with Crippen molar-refractivity contribution in [1.29, 1.82) is 0 Å². The number of aromatic nitrogens is 1. The quantitative estimate of drug-likeness (QED) is 0.312. The van der Waals surface area contributed by atoms with E-state index in [2.05, 4.69) is 4.98 Å². The number of para-hydroxylation sites is 1. The van der Waals surface area contributed by atoms with Crippen LogP contribution >= 0.6 is 0 Å². The third-order valence-corrected chi connectivity index (χ3v) is 7.68. The van der Waals surface area contributed by atoms with E-state index in [1.165, 1.54) is 11.0 Å². The molecular formula is C32H22FN3O4. The number of halogens is 1. The minimum atomic E-state index is -1.89. The molecule has 5 aromatic rings. The maximum Gasteiger partial charge on any atom is 0.297 e. The second-order valence-electron chi connectivity index (χ2n) is 10.2. The smallest absolute Gasteiger partial charge is 0.297 e. The van der Waals surface area contributed by atoms with Crippen LogP contribution in [-0.4, -0.2) is 16.8 Å². The number of hydrogen-bond acceptors (Lipinski definition) is 5. The molecule has 40 heavy (non-hydrogen) atoms. The maximum absolute atomic E-state index is 14.8. The first-order chi connectivity index (χ1) is 19.3. The Morgan fingerprint density at radius 3 is 2.45 bits per heavy atom. The lowest BCUT2D eigenvalue weighted by molar-refractivity contribution is -0.121. The Hall–Kier alpha value is -5.11. The normalized spacial score (nSPS) is 17.7. The highest BCUT2D eigenvalue weighted by molar-refractivity contribution is 6.24. The lowest BCUT2D eigenvalue weighted by Gasteiger charge is -2.33. The van der Waals surface area contributed by atoms with E-state index in [4.69, 9.17) is 4.42 Å². The topological polar surface area (TPSA) is 83.7 Å². The summed E-state index contributed by atoms with van der Waals surface area (Å²) in [5, 5.41) is -0.0488. The van der Waals surface area contributed by atoms with E-state index in [1.807, 2.05) is 38.1 Å². The van der Waals surface area contributed by atoms with Crippen LogP contribution in [0.1, 0.15) is 38.4 Å². The van der Waals surface area contributed by atoms with E-state index in [0.717, 1.165) is 28.8 Å². The number of hydrogen-bond donors (Lipinski definition) is 0. The number of fused-ring (bicyclic) bond motifs is 5. The van der Waals surface area contributed by atoms with Gasteiger partial charge in [-0.3, -0.25) is 19.3 Å². The standard InChI is InChI=1S/C32H22FN3O4/c1-18-7-9-20(10-8-18)17-35-24-6-4-3-5-23(24)32(31(35)39)27-28(37)22-16-21(33)11-12-25(22)40-29(27)30(38)36(32)26-15-19(2)13-14-34-26/h3-16H,17H2,1-2H3. The predicted molar refractivity (Wildman–Crippen MR) is 148 cm³/mol. The van der Waals surface area contributed by atoms with Crippen LogP contribution in [0.5, 0.6) is 0 Å². The molecule has 8 heteroatoms. The molecule has 0 N–H and O–H groups in total. The number of aryl methyl sites for hydroxylation is 2. The molecular weight excluding hydrogens is 509 g/mol. The van der Waals surface area contributed by atoms with Crippen molar-refractivity contribution in [2.45, 2.75) is 25.9 Å². The Kier molecular flexibility index (Phi) is 5.06. The maximum atomic E-state index is 14.8. The molecule has 2 aliphatic heterocycles. The van der Waals surface area contributed by atoms with Crippen molar-refractivity contribution in [2.24, 2.45) is 0 Å². The molecule has 2 aliphatic rings. The molecule has 7 rings (SSSR count). The van der Waals surface area contributed by atoms with Crippen LogP contribution in [0.3, 0.4) is 0 Å². The van der Waals surface area contributed by atoms with E-state index in [-0.39, 0.29) is 34.7 Å². The summed E-state index contributed by atoms with van der Waals surface area (Å²) in [5.74, 6) is -1.85. The fourth-order valence-electron chi connectivity index (χ4n) is 5.86. The van der Waals surface area contributed by atoms with Gasteiger partial charge >= 0.3 is 0 Å². The van der Waals surface area contributed by atoms with Crippen molar-refractivity contribution in [1.82, 2.24) is 4.98 Å². The van der Waals surface area contributed by atoms with Crippen LogP contribution in [-0.2, 0) is 16.9 Å². The van der Waals surface area contributed by atoms with Gasteiger partial charge in [0.1, 0.15) is 17.2 Å². The SMILES string of the molecule is Cc1ccc(CN2C(=O)C3(c4ccccc42)c2c(oc4ccc(F)cc4c2=O)C(=O)N3c2cc(C)ccn2)cc1. The van der Waals surface area contributed by atoms with Crippen molar-refractivity contribution < 1.29 is 18.4 Å². The summed E-state index contributed by atoms with van der Waals surface area (Å²) in [6, 6.07) is 21.9. The van der Waals surface area contributed by atoms with E-state index < -0.39 is 28.6 Å². The molecule has 4 heterocycles. The molecule has 1 unspecified atom stereocenters. The van der Waals surface area contributed by atoms with Gasteiger partial charge in [-0.2, -0.15) is 0 Å². The first-order valence-electron chi connectivity index (χ1n) is 12.8. The first-order valence-corrected chi connectivity index (χ1v) is 12.8. The van der Waals surface area contributed by atoms with Gasteiger partial charge in [0.15, 0.2) is 11.0 Å². The van der Waals surface area contributed by atoms with Gasteiger partial charge in [-0.1, -0.05) is 48.0 Å². The third-order valence-electron chi connectivity index (χ3n) is 7.68. The van der Waals surface area contributed by atoms with Crippen LogP contribution in [0.2, 0.25) is 0 Å². The molecule has 0 fully saturated rings. The molecule has 2 amide bonds. The summed E-state index contributed by atoms with van der Waals surface area (Å²) in [5.41, 5.74) is 1.17. The molecule has 7 nitrogen and oxygen atoms in total. The highest BCUT2D eigenvalue weighted by Crippen LogP contribution is 2.54. The third kappa shape index (κ3) is 3.16. The highest BCUT2D eigenvalue weighted by atomic mass is 19.1. The zero-order valence-electron chi connectivity index (χ0n) is 21.6. The van der Waals surface area contributed by atoms with Gasteiger partial charge in [-0.15, -0.1) is 0 Å². The van der Waals surface area contributed by atoms with E-state index in [9.17, 15) is 18.8 Å². The predicted octanol–water partition coefficient (Wildman–Crippen LogP) is 5.39. The van der Waals surface area contributed by atoms with E-state index >= 15 is 0 Å². The Labute approximate surface area is 228 Å².